The Morgan fingerprint density at radius 3 is 3.06 bits per heavy atom. The number of rotatable bonds is 0. The summed E-state index contributed by atoms with van der Waals surface area (Å²) in [5.41, 5.74) is 2.02. The van der Waals surface area contributed by atoms with Gasteiger partial charge in [-0.3, -0.25) is 4.57 Å². The van der Waals surface area contributed by atoms with Gasteiger partial charge < -0.3 is 0 Å². The molecule has 1 aromatic heterocycles. The molecule has 1 aliphatic rings. The summed E-state index contributed by atoms with van der Waals surface area (Å²) in [7, 11) is 1.65. The SMILES string of the molecule is Cn1nc2n(c1=O)C=Cc1ccc(Cl)cc1C2. The second-order valence-corrected chi connectivity index (χ2v) is 4.46. The first kappa shape index (κ1) is 10.4. The van der Waals surface area contributed by atoms with Crippen molar-refractivity contribution in [3.63, 3.8) is 0 Å². The molecule has 0 aliphatic carbocycles. The largest absolute Gasteiger partial charge is 0.349 e. The molecule has 0 saturated heterocycles. The van der Waals surface area contributed by atoms with Gasteiger partial charge in [-0.2, -0.15) is 5.10 Å². The highest BCUT2D eigenvalue weighted by atomic mass is 35.5. The lowest BCUT2D eigenvalue weighted by molar-refractivity contribution is 0.721. The van der Waals surface area contributed by atoms with E-state index in [2.05, 4.69) is 5.10 Å². The maximum absolute atomic E-state index is 11.8. The molecule has 0 spiro atoms. The molecule has 1 aliphatic heterocycles. The topological polar surface area (TPSA) is 39.8 Å². The maximum Gasteiger partial charge on any atom is 0.349 e. The highest BCUT2D eigenvalue weighted by Crippen LogP contribution is 2.22. The molecule has 1 aromatic carbocycles. The molecule has 3 rings (SSSR count). The fourth-order valence-electron chi connectivity index (χ4n) is 2.02. The van der Waals surface area contributed by atoms with Crippen LogP contribution in [0.4, 0.5) is 0 Å². The number of aromatic nitrogens is 3. The number of hydrogen-bond donors (Lipinski definition) is 0. The van der Waals surface area contributed by atoms with E-state index >= 15 is 0 Å². The second-order valence-electron chi connectivity index (χ2n) is 4.03. The average Bonchev–Trinajstić information content (AvgIpc) is 2.48. The van der Waals surface area contributed by atoms with Crippen LogP contribution in [-0.4, -0.2) is 14.3 Å². The van der Waals surface area contributed by atoms with E-state index in [-0.39, 0.29) is 5.69 Å². The Morgan fingerprint density at radius 2 is 2.24 bits per heavy atom. The molecule has 0 bridgehead atoms. The molecular formula is C12H10ClN3O. The van der Waals surface area contributed by atoms with Crippen LogP contribution in [0.5, 0.6) is 0 Å². The lowest BCUT2D eigenvalue weighted by Crippen LogP contribution is -2.19. The minimum absolute atomic E-state index is 0.129. The first-order chi connectivity index (χ1) is 8.15. The third-order valence-electron chi connectivity index (χ3n) is 2.88. The van der Waals surface area contributed by atoms with Gasteiger partial charge in [0.05, 0.1) is 0 Å². The fourth-order valence-corrected chi connectivity index (χ4v) is 2.21. The minimum Gasteiger partial charge on any atom is -0.253 e. The number of halogens is 1. The summed E-state index contributed by atoms with van der Waals surface area (Å²) in [6.45, 7) is 0. The summed E-state index contributed by atoms with van der Waals surface area (Å²) in [5, 5.41) is 4.91. The van der Waals surface area contributed by atoms with Crippen LogP contribution in [0.1, 0.15) is 17.0 Å². The Morgan fingerprint density at radius 1 is 1.41 bits per heavy atom. The highest BCUT2D eigenvalue weighted by Gasteiger charge is 2.14. The predicted molar refractivity (Wildman–Crippen MR) is 67.0 cm³/mol. The number of benzene rings is 1. The molecule has 0 N–H and O–H groups in total. The molecule has 86 valence electrons. The number of fused-ring (bicyclic) bond motifs is 2. The third kappa shape index (κ3) is 1.61. The summed E-state index contributed by atoms with van der Waals surface area (Å²) in [4.78, 5) is 11.8. The van der Waals surface area contributed by atoms with Gasteiger partial charge in [0.1, 0.15) is 5.82 Å². The quantitative estimate of drug-likeness (QED) is 0.607. The number of aryl methyl sites for hydroxylation is 1. The number of hydrogen-bond acceptors (Lipinski definition) is 2. The Labute approximate surface area is 103 Å². The van der Waals surface area contributed by atoms with Crippen LogP contribution in [0.3, 0.4) is 0 Å². The highest BCUT2D eigenvalue weighted by molar-refractivity contribution is 6.30. The van der Waals surface area contributed by atoms with Gasteiger partial charge in [-0.1, -0.05) is 17.7 Å². The van der Waals surface area contributed by atoms with Crippen molar-refractivity contribution in [3.05, 3.63) is 50.7 Å². The van der Waals surface area contributed by atoms with E-state index < -0.39 is 0 Å². The van der Waals surface area contributed by atoms with Crippen molar-refractivity contribution in [2.24, 2.45) is 7.05 Å². The molecule has 5 heteroatoms. The van der Waals surface area contributed by atoms with Crippen LogP contribution in [0.15, 0.2) is 23.0 Å². The van der Waals surface area contributed by atoms with E-state index in [4.69, 9.17) is 11.6 Å². The summed E-state index contributed by atoms with van der Waals surface area (Å²) in [6.07, 6.45) is 4.27. The van der Waals surface area contributed by atoms with Crippen LogP contribution >= 0.6 is 11.6 Å². The fraction of sp³-hybridized carbons (Fsp3) is 0.167. The molecule has 0 saturated carbocycles. The standard InChI is InChI=1S/C12H10ClN3O/c1-15-12(17)16-5-4-8-2-3-10(13)6-9(8)7-11(16)14-15/h2-6H,7H2,1H3. The molecular weight excluding hydrogens is 238 g/mol. The van der Waals surface area contributed by atoms with Gasteiger partial charge in [0, 0.05) is 24.7 Å². The van der Waals surface area contributed by atoms with Crippen molar-refractivity contribution in [1.29, 1.82) is 0 Å². The smallest absolute Gasteiger partial charge is 0.253 e. The van der Waals surface area contributed by atoms with Gasteiger partial charge in [-0.05, 0) is 29.3 Å². The van der Waals surface area contributed by atoms with Crippen LogP contribution in [0, 0.1) is 0 Å². The lowest BCUT2D eigenvalue weighted by Gasteiger charge is -2.02. The Hall–Kier alpha value is -1.81. The van der Waals surface area contributed by atoms with Gasteiger partial charge in [0.2, 0.25) is 0 Å². The van der Waals surface area contributed by atoms with Crippen molar-refractivity contribution in [1.82, 2.24) is 14.3 Å². The second kappa shape index (κ2) is 3.60. The lowest BCUT2D eigenvalue weighted by atomic mass is 10.1. The van der Waals surface area contributed by atoms with E-state index in [1.54, 1.807) is 17.8 Å². The first-order valence-electron chi connectivity index (χ1n) is 5.26. The maximum atomic E-state index is 11.8. The number of nitrogens with zero attached hydrogens (tertiary/aromatic N) is 3. The van der Waals surface area contributed by atoms with Gasteiger partial charge in [0.15, 0.2) is 0 Å². The minimum atomic E-state index is -0.129. The average molecular weight is 248 g/mol. The molecule has 0 radical (unpaired) electrons. The summed E-state index contributed by atoms with van der Waals surface area (Å²) in [5.74, 6) is 0.731. The summed E-state index contributed by atoms with van der Waals surface area (Å²) < 4.78 is 2.91. The molecule has 4 nitrogen and oxygen atoms in total. The molecule has 0 unspecified atom stereocenters. The van der Waals surface area contributed by atoms with Gasteiger partial charge in [-0.25, -0.2) is 9.48 Å². The van der Waals surface area contributed by atoms with E-state index in [1.807, 2.05) is 24.3 Å². The van der Waals surface area contributed by atoms with E-state index in [0.717, 1.165) is 17.0 Å². The van der Waals surface area contributed by atoms with E-state index in [1.165, 1.54) is 4.68 Å². The van der Waals surface area contributed by atoms with Crippen molar-refractivity contribution >= 4 is 23.9 Å². The van der Waals surface area contributed by atoms with Crippen molar-refractivity contribution in [2.75, 3.05) is 0 Å². The van der Waals surface area contributed by atoms with Crippen LogP contribution in [0.25, 0.3) is 12.3 Å². The van der Waals surface area contributed by atoms with Gasteiger partial charge >= 0.3 is 5.69 Å². The molecule has 2 heterocycles. The van der Waals surface area contributed by atoms with Crippen molar-refractivity contribution < 1.29 is 0 Å². The Bertz CT molecular complexity index is 682. The van der Waals surface area contributed by atoms with Crippen LogP contribution in [0.2, 0.25) is 5.02 Å². The zero-order chi connectivity index (χ0) is 12.0. The monoisotopic (exact) mass is 247 g/mol. The molecule has 2 aromatic rings. The van der Waals surface area contributed by atoms with Crippen molar-refractivity contribution in [2.45, 2.75) is 6.42 Å². The summed E-state index contributed by atoms with van der Waals surface area (Å²) >= 11 is 5.98. The zero-order valence-electron chi connectivity index (χ0n) is 9.22. The van der Waals surface area contributed by atoms with Crippen LogP contribution in [-0.2, 0) is 13.5 Å². The van der Waals surface area contributed by atoms with Gasteiger partial charge in [-0.15, -0.1) is 0 Å². The Kier molecular flexibility index (Phi) is 2.19. The summed E-state index contributed by atoms with van der Waals surface area (Å²) in [6, 6.07) is 5.71. The third-order valence-corrected chi connectivity index (χ3v) is 3.12. The molecule has 0 amide bonds. The molecule has 0 fully saturated rings. The van der Waals surface area contributed by atoms with E-state index in [0.29, 0.717) is 11.4 Å². The normalized spacial score (nSPS) is 13.1. The van der Waals surface area contributed by atoms with Crippen molar-refractivity contribution in [3.8, 4) is 0 Å². The van der Waals surface area contributed by atoms with Gasteiger partial charge in [0.25, 0.3) is 0 Å². The zero-order valence-corrected chi connectivity index (χ0v) is 9.98. The Balaban J connectivity index is 2.22. The molecule has 17 heavy (non-hydrogen) atoms. The van der Waals surface area contributed by atoms with Crippen LogP contribution < -0.4 is 5.69 Å². The first-order valence-corrected chi connectivity index (χ1v) is 5.64. The predicted octanol–water partition coefficient (Wildman–Crippen LogP) is 1.77. The van der Waals surface area contributed by atoms with E-state index in [9.17, 15) is 4.79 Å². The molecule has 0 atom stereocenters.